The van der Waals surface area contributed by atoms with E-state index in [1.54, 1.807) is 11.3 Å². The number of thiazole rings is 1. The van der Waals surface area contributed by atoms with Gasteiger partial charge in [-0.05, 0) is 6.92 Å². The minimum absolute atomic E-state index is 0.733. The first kappa shape index (κ1) is 10.3. The molecule has 0 radical (unpaired) electrons. The van der Waals surface area contributed by atoms with E-state index < -0.39 is 0 Å². The van der Waals surface area contributed by atoms with Gasteiger partial charge in [-0.25, -0.2) is 4.98 Å². The zero-order valence-corrected chi connectivity index (χ0v) is 9.25. The summed E-state index contributed by atoms with van der Waals surface area (Å²) in [7, 11) is 0. The Balaban J connectivity index is 1.67. The number of hydrogen-bond donors (Lipinski definition) is 1. The van der Waals surface area contributed by atoms with Gasteiger partial charge in [0, 0.05) is 24.9 Å². The van der Waals surface area contributed by atoms with Gasteiger partial charge in [0.05, 0.1) is 10.7 Å². The molecule has 0 aliphatic heterocycles. The van der Waals surface area contributed by atoms with Crippen molar-refractivity contribution in [2.75, 3.05) is 6.54 Å². The zero-order chi connectivity index (χ0) is 10.5. The molecule has 15 heavy (non-hydrogen) atoms. The van der Waals surface area contributed by atoms with Crippen LogP contribution in [0, 0.1) is 6.92 Å². The summed E-state index contributed by atoms with van der Waals surface area (Å²) >= 11 is 1.67. The Bertz CT molecular complexity index is 398. The van der Waals surface area contributed by atoms with E-state index >= 15 is 0 Å². The molecule has 6 heteroatoms. The van der Waals surface area contributed by atoms with Crippen LogP contribution in [0.1, 0.15) is 16.5 Å². The average molecular weight is 224 g/mol. The van der Waals surface area contributed by atoms with Gasteiger partial charge < -0.3 is 9.84 Å². The van der Waals surface area contributed by atoms with E-state index in [-0.39, 0.29) is 0 Å². The highest BCUT2D eigenvalue weighted by Crippen LogP contribution is 2.06. The number of hydrogen-bond acceptors (Lipinski definition) is 6. The Kier molecular flexibility index (Phi) is 3.41. The molecule has 0 aliphatic rings. The van der Waals surface area contributed by atoms with Gasteiger partial charge in [-0.15, -0.1) is 11.3 Å². The lowest BCUT2D eigenvalue weighted by Gasteiger charge is -1.98. The summed E-state index contributed by atoms with van der Waals surface area (Å²) < 4.78 is 4.63. The molecule has 0 saturated heterocycles. The summed E-state index contributed by atoms with van der Waals surface area (Å²) in [5.74, 6) is 0.733. The first-order valence-corrected chi connectivity index (χ1v) is 5.59. The molecule has 2 rings (SSSR count). The Hall–Kier alpha value is -1.27. The molecule has 0 fully saturated rings. The first-order chi connectivity index (χ1) is 7.34. The number of aromatic nitrogens is 3. The Morgan fingerprint density at radius 2 is 2.47 bits per heavy atom. The van der Waals surface area contributed by atoms with Gasteiger partial charge in [0.2, 0.25) is 6.39 Å². The molecule has 2 aromatic heterocycles. The maximum Gasteiger partial charge on any atom is 0.213 e. The third-order valence-electron chi connectivity index (χ3n) is 1.91. The molecule has 1 N–H and O–H groups in total. The van der Waals surface area contributed by atoms with E-state index in [1.807, 2.05) is 6.92 Å². The van der Waals surface area contributed by atoms with Crippen LogP contribution in [-0.4, -0.2) is 21.7 Å². The molecule has 0 aliphatic carbocycles. The summed E-state index contributed by atoms with van der Waals surface area (Å²) in [6.07, 6.45) is 2.12. The summed E-state index contributed by atoms with van der Waals surface area (Å²) in [4.78, 5) is 8.29. The fourth-order valence-electron chi connectivity index (χ4n) is 1.21. The van der Waals surface area contributed by atoms with Crippen molar-refractivity contribution in [2.24, 2.45) is 0 Å². The molecule has 2 heterocycles. The lowest BCUT2D eigenvalue weighted by atomic mass is 10.4. The number of nitrogens with zero attached hydrogens (tertiary/aromatic N) is 3. The predicted octanol–water partition coefficient (Wildman–Crippen LogP) is 1.17. The molecule has 0 atom stereocenters. The van der Waals surface area contributed by atoms with Gasteiger partial charge in [0.25, 0.3) is 0 Å². The van der Waals surface area contributed by atoms with Crippen LogP contribution in [0.3, 0.4) is 0 Å². The number of aryl methyl sites for hydroxylation is 1. The quantitative estimate of drug-likeness (QED) is 0.772. The van der Waals surface area contributed by atoms with E-state index in [0.29, 0.717) is 0 Å². The lowest BCUT2D eigenvalue weighted by molar-refractivity contribution is 0.409. The maximum absolute atomic E-state index is 4.63. The Morgan fingerprint density at radius 1 is 1.53 bits per heavy atom. The van der Waals surface area contributed by atoms with Gasteiger partial charge in [0.15, 0.2) is 5.82 Å². The molecule has 80 valence electrons. The normalized spacial score (nSPS) is 10.7. The van der Waals surface area contributed by atoms with Crippen LogP contribution >= 0.6 is 11.3 Å². The first-order valence-electron chi connectivity index (χ1n) is 4.71. The topological polar surface area (TPSA) is 63.8 Å². The van der Waals surface area contributed by atoms with E-state index in [0.717, 1.165) is 36.0 Å². The summed E-state index contributed by atoms with van der Waals surface area (Å²) in [5, 5.41) is 10.2. The number of rotatable bonds is 5. The highest BCUT2D eigenvalue weighted by molar-refractivity contribution is 7.09. The highest BCUT2D eigenvalue weighted by Gasteiger charge is 1.99. The molecule has 5 nitrogen and oxygen atoms in total. The zero-order valence-electron chi connectivity index (χ0n) is 8.43. The van der Waals surface area contributed by atoms with Crippen LogP contribution in [0.25, 0.3) is 0 Å². The molecule has 0 saturated carbocycles. The van der Waals surface area contributed by atoms with E-state index in [1.165, 1.54) is 6.39 Å². The summed E-state index contributed by atoms with van der Waals surface area (Å²) in [5.41, 5.74) is 1.09. The molecule has 0 bridgehead atoms. The van der Waals surface area contributed by atoms with Crippen molar-refractivity contribution in [2.45, 2.75) is 19.9 Å². The van der Waals surface area contributed by atoms with Crippen molar-refractivity contribution in [3.63, 3.8) is 0 Å². The third kappa shape index (κ3) is 3.10. The minimum atomic E-state index is 0.733. The minimum Gasteiger partial charge on any atom is -0.343 e. The Morgan fingerprint density at radius 3 is 3.13 bits per heavy atom. The largest absolute Gasteiger partial charge is 0.343 e. The molecular formula is C9H12N4OS. The summed E-state index contributed by atoms with van der Waals surface area (Å²) in [6.45, 7) is 3.63. The lowest BCUT2D eigenvalue weighted by Crippen LogP contribution is -2.17. The van der Waals surface area contributed by atoms with Crippen LogP contribution in [-0.2, 0) is 13.0 Å². The van der Waals surface area contributed by atoms with Gasteiger partial charge in [-0.3, -0.25) is 0 Å². The van der Waals surface area contributed by atoms with Crippen molar-refractivity contribution in [3.05, 3.63) is 28.3 Å². The molecule has 0 unspecified atom stereocenters. The maximum atomic E-state index is 4.63. The predicted molar refractivity (Wildman–Crippen MR) is 56.6 cm³/mol. The van der Waals surface area contributed by atoms with E-state index in [2.05, 4.69) is 30.3 Å². The standard InChI is InChI=1S/C9H12N4OS/c1-7-12-8(5-15-7)4-10-3-2-9-11-6-14-13-9/h5-6,10H,2-4H2,1H3. The third-order valence-corrected chi connectivity index (χ3v) is 2.73. The van der Waals surface area contributed by atoms with Crippen LogP contribution < -0.4 is 5.32 Å². The second kappa shape index (κ2) is 4.99. The Labute approximate surface area is 91.5 Å². The molecular weight excluding hydrogens is 212 g/mol. The van der Waals surface area contributed by atoms with Gasteiger partial charge in [0.1, 0.15) is 0 Å². The second-order valence-corrected chi connectivity index (χ2v) is 4.19. The monoisotopic (exact) mass is 224 g/mol. The van der Waals surface area contributed by atoms with Crippen LogP contribution in [0.15, 0.2) is 16.3 Å². The van der Waals surface area contributed by atoms with Crippen molar-refractivity contribution in [1.29, 1.82) is 0 Å². The van der Waals surface area contributed by atoms with Crippen molar-refractivity contribution >= 4 is 11.3 Å². The smallest absolute Gasteiger partial charge is 0.213 e. The molecule has 2 aromatic rings. The van der Waals surface area contributed by atoms with Gasteiger partial charge >= 0.3 is 0 Å². The second-order valence-electron chi connectivity index (χ2n) is 3.13. The van der Waals surface area contributed by atoms with E-state index in [9.17, 15) is 0 Å². The van der Waals surface area contributed by atoms with Crippen molar-refractivity contribution in [3.8, 4) is 0 Å². The number of nitrogens with one attached hydrogen (secondary N) is 1. The molecule has 0 amide bonds. The molecule has 0 aromatic carbocycles. The van der Waals surface area contributed by atoms with Crippen LogP contribution in [0.2, 0.25) is 0 Å². The fourth-order valence-corrected chi connectivity index (χ4v) is 1.82. The molecule has 0 spiro atoms. The fraction of sp³-hybridized carbons (Fsp3) is 0.444. The highest BCUT2D eigenvalue weighted by atomic mass is 32.1. The van der Waals surface area contributed by atoms with Gasteiger partial charge in [-0.2, -0.15) is 4.98 Å². The van der Waals surface area contributed by atoms with Gasteiger partial charge in [-0.1, -0.05) is 5.16 Å². The summed E-state index contributed by atoms with van der Waals surface area (Å²) in [6, 6.07) is 0. The SMILES string of the molecule is Cc1nc(CNCCc2ncon2)cs1. The van der Waals surface area contributed by atoms with Crippen LogP contribution in [0.5, 0.6) is 0 Å². The van der Waals surface area contributed by atoms with E-state index in [4.69, 9.17) is 0 Å². The van der Waals surface area contributed by atoms with Crippen molar-refractivity contribution < 1.29 is 4.52 Å². The van der Waals surface area contributed by atoms with Crippen LogP contribution in [0.4, 0.5) is 0 Å². The average Bonchev–Trinajstić information content (AvgIpc) is 2.84. The van der Waals surface area contributed by atoms with Crippen molar-refractivity contribution in [1.82, 2.24) is 20.4 Å².